The molecule has 9 heteroatoms. The van der Waals surface area contributed by atoms with Gasteiger partial charge in [-0.1, -0.05) is 25.4 Å². The number of nitrogens with one attached hydrogen (secondary N) is 1. The number of halogens is 1. The molecule has 0 spiro atoms. The molecule has 0 aliphatic carbocycles. The maximum absolute atomic E-state index is 12.7. The molecule has 1 N–H and O–H groups in total. The quantitative estimate of drug-likeness (QED) is 0.532. The van der Waals surface area contributed by atoms with E-state index in [9.17, 15) is 13.2 Å². The van der Waals surface area contributed by atoms with Crippen molar-refractivity contribution >= 4 is 45.0 Å². The van der Waals surface area contributed by atoms with Gasteiger partial charge >= 0.3 is 0 Å². The van der Waals surface area contributed by atoms with Crippen molar-refractivity contribution < 1.29 is 17.9 Å². The number of methoxy groups -OCH3 is 1. The lowest BCUT2D eigenvalue weighted by molar-refractivity contribution is -0.115. The van der Waals surface area contributed by atoms with Gasteiger partial charge in [-0.05, 0) is 42.5 Å². The number of nitrogens with zero attached hydrogens (tertiary/aromatic N) is 1. The summed E-state index contributed by atoms with van der Waals surface area (Å²) < 4.78 is 32.1. The van der Waals surface area contributed by atoms with Crippen molar-refractivity contribution in [3.63, 3.8) is 0 Å². The molecule has 2 rings (SSSR count). The molecule has 0 unspecified atom stereocenters. The first-order valence-corrected chi connectivity index (χ1v) is 12.0. The van der Waals surface area contributed by atoms with E-state index in [4.69, 9.17) is 16.3 Å². The van der Waals surface area contributed by atoms with Gasteiger partial charge in [0.25, 0.3) is 0 Å². The first-order chi connectivity index (χ1) is 13.8. The molecule has 2 aromatic carbocycles. The van der Waals surface area contributed by atoms with E-state index in [-0.39, 0.29) is 17.2 Å². The summed E-state index contributed by atoms with van der Waals surface area (Å²) in [7, 11) is -2.16. The number of thioether (sulfide) groups is 1. The fourth-order valence-electron chi connectivity index (χ4n) is 2.66. The van der Waals surface area contributed by atoms with E-state index in [1.807, 2.05) is 12.1 Å². The van der Waals surface area contributed by atoms with Crippen LogP contribution in [0.3, 0.4) is 0 Å². The zero-order chi connectivity index (χ0) is 21.4. The van der Waals surface area contributed by atoms with E-state index >= 15 is 0 Å². The predicted molar refractivity (Wildman–Crippen MR) is 119 cm³/mol. The largest absolute Gasteiger partial charge is 0.495 e. The van der Waals surface area contributed by atoms with E-state index in [0.29, 0.717) is 35.3 Å². The summed E-state index contributed by atoms with van der Waals surface area (Å²) in [6, 6.07) is 11.9. The van der Waals surface area contributed by atoms with Gasteiger partial charge in [-0.25, -0.2) is 8.42 Å². The van der Waals surface area contributed by atoms with Gasteiger partial charge in [0.15, 0.2) is 0 Å². The predicted octanol–water partition coefficient (Wildman–Crippen LogP) is 4.50. The molecular weight excluding hydrogens is 432 g/mol. The third-order valence-corrected chi connectivity index (χ3v) is 7.51. The van der Waals surface area contributed by atoms with E-state index in [1.54, 1.807) is 43.8 Å². The lowest BCUT2D eigenvalue weighted by atomic mass is 10.3. The van der Waals surface area contributed by atoms with Crippen molar-refractivity contribution in [2.75, 3.05) is 31.3 Å². The van der Waals surface area contributed by atoms with Crippen molar-refractivity contribution in [3.05, 3.63) is 47.5 Å². The summed E-state index contributed by atoms with van der Waals surface area (Å²) in [5.74, 6) is 0.761. The van der Waals surface area contributed by atoms with Crippen molar-refractivity contribution in [1.82, 2.24) is 4.31 Å². The number of hydrogen-bond donors (Lipinski definition) is 1. The maximum atomic E-state index is 12.7. The van der Waals surface area contributed by atoms with Gasteiger partial charge in [0.2, 0.25) is 15.9 Å². The fraction of sp³-hybridized carbons (Fsp3) is 0.350. The lowest BCUT2D eigenvalue weighted by Gasteiger charge is -2.19. The Morgan fingerprint density at radius 2 is 1.79 bits per heavy atom. The van der Waals surface area contributed by atoms with Crippen LogP contribution in [-0.4, -0.2) is 44.6 Å². The Labute approximate surface area is 181 Å². The molecule has 0 aliphatic heterocycles. The topological polar surface area (TPSA) is 75.7 Å². The molecule has 0 bridgehead atoms. The molecule has 158 valence electrons. The van der Waals surface area contributed by atoms with Crippen molar-refractivity contribution in [1.29, 1.82) is 0 Å². The van der Waals surface area contributed by atoms with Gasteiger partial charge in [0, 0.05) is 35.2 Å². The average Bonchev–Trinajstić information content (AvgIpc) is 2.70. The van der Waals surface area contributed by atoms with Crippen LogP contribution in [0, 0.1) is 0 Å². The Hall–Kier alpha value is -1.74. The number of sulfonamides is 1. The molecule has 6 nitrogen and oxygen atoms in total. The van der Waals surface area contributed by atoms with Crippen molar-refractivity contribution in [2.45, 2.75) is 30.1 Å². The summed E-state index contributed by atoms with van der Waals surface area (Å²) in [5, 5.41) is 3.43. The molecule has 0 saturated heterocycles. The SMILES string of the molecule is CCN(CC)S(=O)(=O)c1ccc(OC)c(NC(=O)CCSc2ccc(Cl)cc2)c1. The summed E-state index contributed by atoms with van der Waals surface area (Å²) in [4.78, 5) is 13.5. The van der Waals surface area contributed by atoms with Gasteiger partial charge in [-0.2, -0.15) is 4.31 Å². The fourth-order valence-corrected chi connectivity index (χ4v) is 5.13. The van der Waals surface area contributed by atoms with Gasteiger partial charge in [-0.3, -0.25) is 4.79 Å². The molecule has 29 heavy (non-hydrogen) atoms. The number of rotatable bonds is 10. The highest BCUT2D eigenvalue weighted by Gasteiger charge is 2.23. The minimum absolute atomic E-state index is 0.118. The van der Waals surface area contributed by atoms with E-state index in [1.165, 1.54) is 23.5 Å². The highest BCUT2D eigenvalue weighted by atomic mass is 35.5. The van der Waals surface area contributed by atoms with Crippen LogP contribution >= 0.6 is 23.4 Å². The molecule has 0 atom stereocenters. The monoisotopic (exact) mass is 456 g/mol. The number of ether oxygens (including phenoxy) is 1. The first-order valence-electron chi connectivity index (χ1n) is 9.18. The normalized spacial score (nSPS) is 11.5. The number of amides is 1. The van der Waals surface area contributed by atoms with E-state index < -0.39 is 10.0 Å². The molecule has 0 heterocycles. The summed E-state index contributed by atoms with van der Waals surface area (Å²) in [5.41, 5.74) is 0.335. The summed E-state index contributed by atoms with van der Waals surface area (Å²) in [6.45, 7) is 4.31. The van der Waals surface area contributed by atoms with Crippen LogP contribution < -0.4 is 10.1 Å². The molecule has 0 fully saturated rings. The highest BCUT2D eigenvalue weighted by Crippen LogP contribution is 2.29. The highest BCUT2D eigenvalue weighted by molar-refractivity contribution is 7.99. The minimum Gasteiger partial charge on any atom is -0.495 e. The molecule has 0 aliphatic rings. The third kappa shape index (κ3) is 6.37. The molecular formula is C20H25ClN2O4S2. The van der Waals surface area contributed by atoms with Crippen LogP contribution in [0.4, 0.5) is 5.69 Å². The maximum Gasteiger partial charge on any atom is 0.243 e. The molecule has 0 aromatic heterocycles. The number of carbonyl (C=O) groups is 1. The second-order valence-electron chi connectivity index (χ2n) is 6.05. The minimum atomic E-state index is -3.63. The molecule has 1 amide bonds. The Balaban J connectivity index is 2.08. The van der Waals surface area contributed by atoms with Crippen LogP contribution in [0.5, 0.6) is 5.75 Å². The number of benzene rings is 2. The van der Waals surface area contributed by atoms with Gasteiger partial charge in [-0.15, -0.1) is 11.8 Å². The average molecular weight is 457 g/mol. The molecule has 2 aromatic rings. The molecule has 0 saturated carbocycles. The standard InChI is InChI=1S/C20H25ClN2O4S2/c1-4-23(5-2)29(25,26)17-10-11-19(27-3)18(14-17)22-20(24)12-13-28-16-8-6-15(21)7-9-16/h6-11,14H,4-5,12-13H2,1-3H3,(H,22,24). The van der Waals surface area contributed by atoms with Crippen LogP contribution in [0.25, 0.3) is 0 Å². The zero-order valence-electron chi connectivity index (χ0n) is 16.6. The van der Waals surface area contributed by atoms with Crippen LogP contribution in [-0.2, 0) is 14.8 Å². The Bertz CT molecular complexity index is 930. The van der Waals surface area contributed by atoms with Crippen molar-refractivity contribution in [2.24, 2.45) is 0 Å². The van der Waals surface area contributed by atoms with Crippen LogP contribution in [0.15, 0.2) is 52.3 Å². The smallest absolute Gasteiger partial charge is 0.243 e. The number of anilines is 1. The summed E-state index contributed by atoms with van der Waals surface area (Å²) >= 11 is 7.41. The van der Waals surface area contributed by atoms with Crippen molar-refractivity contribution in [3.8, 4) is 5.75 Å². The second-order valence-corrected chi connectivity index (χ2v) is 9.59. The van der Waals surface area contributed by atoms with E-state index in [2.05, 4.69) is 5.32 Å². The second kappa shape index (κ2) is 10.9. The van der Waals surface area contributed by atoms with Gasteiger partial charge < -0.3 is 10.1 Å². The third-order valence-electron chi connectivity index (χ3n) is 4.20. The first kappa shape index (κ1) is 23.5. The number of carbonyl (C=O) groups excluding carboxylic acids is 1. The Kier molecular flexibility index (Phi) is 8.82. The van der Waals surface area contributed by atoms with Crippen LogP contribution in [0.2, 0.25) is 5.02 Å². The summed E-state index contributed by atoms with van der Waals surface area (Å²) in [6.07, 6.45) is 0.267. The van der Waals surface area contributed by atoms with Gasteiger partial charge in [0.1, 0.15) is 5.75 Å². The lowest BCUT2D eigenvalue weighted by Crippen LogP contribution is -2.30. The van der Waals surface area contributed by atoms with Crippen LogP contribution in [0.1, 0.15) is 20.3 Å². The number of hydrogen-bond acceptors (Lipinski definition) is 5. The Morgan fingerprint density at radius 3 is 2.38 bits per heavy atom. The Morgan fingerprint density at radius 1 is 1.14 bits per heavy atom. The molecule has 0 radical (unpaired) electrons. The van der Waals surface area contributed by atoms with Gasteiger partial charge in [0.05, 0.1) is 17.7 Å². The zero-order valence-corrected chi connectivity index (χ0v) is 19.0. The van der Waals surface area contributed by atoms with E-state index in [0.717, 1.165) is 4.90 Å².